The Hall–Kier alpha value is -1.20. The third kappa shape index (κ3) is 2.94. The number of aryl methyl sites for hydroxylation is 1. The van der Waals surface area contributed by atoms with Crippen LogP contribution in [0, 0.1) is 6.92 Å². The smallest absolute Gasteiger partial charge is 0.247 e. The van der Waals surface area contributed by atoms with Crippen molar-refractivity contribution in [2.75, 3.05) is 0 Å². The summed E-state index contributed by atoms with van der Waals surface area (Å²) in [5.74, 6) is -0.138. The molecule has 3 atom stereocenters. The molecule has 1 fully saturated rings. The van der Waals surface area contributed by atoms with Gasteiger partial charge in [0, 0.05) is 21.8 Å². The van der Waals surface area contributed by atoms with E-state index >= 15 is 0 Å². The number of rotatable bonds is 5. The van der Waals surface area contributed by atoms with E-state index in [2.05, 4.69) is 24.4 Å². The fourth-order valence-corrected chi connectivity index (χ4v) is 3.39. The van der Waals surface area contributed by atoms with Crippen LogP contribution in [0.2, 0.25) is 0 Å². The van der Waals surface area contributed by atoms with Crippen molar-refractivity contribution >= 4 is 23.2 Å². The molecule has 1 aliphatic heterocycles. The summed E-state index contributed by atoms with van der Waals surface area (Å²) in [6.45, 7) is 8.01. The molecule has 20 heavy (non-hydrogen) atoms. The van der Waals surface area contributed by atoms with E-state index in [9.17, 15) is 9.59 Å². The van der Waals surface area contributed by atoms with Crippen LogP contribution in [0.3, 0.4) is 0 Å². The SMILES string of the molecule is CCC(C)N1C(=O)CC(NC(C)c2ccc(C)s2)C1=O. The third-order valence-electron chi connectivity index (χ3n) is 3.85. The lowest BCUT2D eigenvalue weighted by atomic mass is 10.2. The van der Waals surface area contributed by atoms with Crippen LogP contribution < -0.4 is 5.32 Å². The van der Waals surface area contributed by atoms with Gasteiger partial charge in [0.2, 0.25) is 11.8 Å². The second-order valence-corrected chi connectivity index (χ2v) is 6.77. The van der Waals surface area contributed by atoms with E-state index in [4.69, 9.17) is 0 Å². The maximum atomic E-state index is 12.3. The molecular formula is C15H22N2O2S. The number of nitrogens with one attached hydrogen (secondary N) is 1. The quantitative estimate of drug-likeness (QED) is 0.849. The molecule has 1 aromatic heterocycles. The van der Waals surface area contributed by atoms with Crippen molar-refractivity contribution in [1.82, 2.24) is 10.2 Å². The molecule has 1 aliphatic rings. The molecule has 1 aromatic rings. The third-order valence-corrected chi connectivity index (χ3v) is 5.04. The lowest BCUT2D eigenvalue weighted by molar-refractivity contribution is -0.141. The van der Waals surface area contributed by atoms with Crippen molar-refractivity contribution in [3.63, 3.8) is 0 Å². The zero-order valence-corrected chi connectivity index (χ0v) is 13.3. The first-order valence-corrected chi connectivity index (χ1v) is 7.94. The molecule has 1 N–H and O–H groups in total. The number of imide groups is 1. The molecular weight excluding hydrogens is 272 g/mol. The first kappa shape index (κ1) is 15.2. The Bertz CT molecular complexity index is 512. The van der Waals surface area contributed by atoms with Crippen LogP contribution in [-0.4, -0.2) is 28.8 Å². The summed E-state index contributed by atoms with van der Waals surface area (Å²) in [6, 6.07) is 3.85. The van der Waals surface area contributed by atoms with Gasteiger partial charge < -0.3 is 0 Å². The highest BCUT2D eigenvalue weighted by Crippen LogP contribution is 2.25. The number of thiophene rings is 1. The predicted molar refractivity (Wildman–Crippen MR) is 80.6 cm³/mol. The summed E-state index contributed by atoms with van der Waals surface area (Å²) in [5, 5.41) is 3.30. The molecule has 2 amide bonds. The molecule has 0 radical (unpaired) electrons. The molecule has 0 aliphatic carbocycles. The Morgan fingerprint density at radius 1 is 1.40 bits per heavy atom. The summed E-state index contributed by atoms with van der Waals surface area (Å²) in [6.07, 6.45) is 1.07. The standard InChI is InChI=1S/C15H22N2O2S/c1-5-9(2)17-14(18)8-12(15(17)19)16-11(4)13-7-6-10(3)20-13/h6-7,9,11-12,16H,5,8H2,1-4H3. The summed E-state index contributed by atoms with van der Waals surface area (Å²) >= 11 is 1.72. The summed E-state index contributed by atoms with van der Waals surface area (Å²) in [5.41, 5.74) is 0. The molecule has 110 valence electrons. The molecule has 2 heterocycles. The van der Waals surface area contributed by atoms with Crippen molar-refractivity contribution in [2.45, 2.75) is 58.7 Å². The van der Waals surface area contributed by atoms with Crippen molar-refractivity contribution in [1.29, 1.82) is 0 Å². The summed E-state index contributed by atoms with van der Waals surface area (Å²) in [7, 11) is 0. The van der Waals surface area contributed by atoms with Gasteiger partial charge in [-0.2, -0.15) is 0 Å². The fraction of sp³-hybridized carbons (Fsp3) is 0.600. The number of hydrogen-bond donors (Lipinski definition) is 1. The number of amides is 2. The van der Waals surface area contributed by atoms with Gasteiger partial charge in [0.1, 0.15) is 0 Å². The molecule has 0 aromatic carbocycles. The Morgan fingerprint density at radius 3 is 2.65 bits per heavy atom. The summed E-state index contributed by atoms with van der Waals surface area (Å²) < 4.78 is 0. The first-order valence-electron chi connectivity index (χ1n) is 7.12. The van der Waals surface area contributed by atoms with Gasteiger partial charge in [0.05, 0.1) is 12.5 Å². The lowest BCUT2D eigenvalue weighted by Gasteiger charge is -2.22. The first-order chi connectivity index (χ1) is 9.43. The number of carbonyl (C=O) groups excluding carboxylic acids is 2. The zero-order chi connectivity index (χ0) is 14.9. The van der Waals surface area contributed by atoms with E-state index in [0.717, 1.165) is 6.42 Å². The van der Waals surface area contributed by atoms with E-state index in [-0.39, 0.29) is 36.4 Å². The van der Waals surface area contributed by atoms with Gasteiger partial charge in [-0.1, -0.05) is 6.92 Å². The number of hydrogen-bond acceptors (Lipinski definition) is 4. The van der Waals surface area contributed by atoms with Gasteiger partial charge in [-0.3, -0.25) is 19.8 Å². The largest absolute Gasteiger partial charge is 0.298 e. The summed E-state index contributed by atoms with van der Waals surface area (Å²) in [4.78, 5) is 28.2. The Kier molecular flexibility index (Phi) is 4.60. The van der Waals surface area contributed by atoms with Crippen molar-refractivity contribution in [3.8, 4) is 0 Å². The zero-order valence-electron chi connectivity index (χ0n) is 12.5. The second kappa shape index (κ2) is 6.06. The monoisotopic (exact) mass is 294 g/mol. The van der Waals surface area contributed by atoms with Crippen LogP contribution >= 0.6 is 11.3 Å². The van der Waals surface area contributed by atoms with Gasteiger partial charge in [-0.25, -0.2) is 0 Å². The van der Waals surface area contributed by atoms with Gasteiger partial charge in [0.25, 0.3) is 0 Å². The van der Waals surface area contributed by atoms with E-state index in [1.165, 1.54) is 14.7 Å². The van der Waals surface area contributed by atoms with Crippen LogP contribution in [0.5, 0.6) is 0 Å². The Balaban J connectivity index is 2.04. The maximum absolute atomic E-state index is 12.3. The Labute approximate surface area is 124 Å². The van der Waals surface area contributed by atoms with Crippen molar-refractivity contribution in [3.05, 3.63) is 21.9 Å². The van der Waals surface area contributed by atoms with Crippen LogP contribution in [0.4, 0.5) is 0 Å². The van der Waals surface area contributed by atoms with Crippen LogP contribution in [0.25, 0.3) is 0 Å². The Morgan fingerprint density at radius 2 is 2.10 bits per heavy atom. The number of carbonyl (C=O) groups is 2. The van der Waals surface area contributed by atoms with Gasteiger partial charge in [0.15, 0.2) is 0 Å². The maximum Gasteiger partial charge on any atom is 0.247 e. The highest BCUT2D eigenvalue weighted by Gasteiger charge is 2.41. The minimum absolute atomic E-state index is 0.0129. The molecule has 3 unspecified atom stereocenters. The molecule has 5 heteroatoms. The van der Waals surface area contributed by atoms with E-state index < -0.39 is 0 Å². The number of nitrogens with zero attached hydrogens (tertiary/aromatic N) is 1. The molecule has 1 saturated heterocycles. The minimum atomic E-state index is -0.381. The van der Waals surface area contributed by atoms with Gasteiger partial charge in [-0.15, -0.1) is 11.3 Å². The van der Waals surface area contributed by atoms with Crippen LogP contribution in [0.15, 0.2) is 12.1 Å². The highest BCUT2D eigenvalue weighted by atomic mass is 32.1. The molecule has 2 rings (SSSR count). The van der Waals surface area contributed by atoms with E-state index in [1.807, 2.05) is 20.8 Å². The van der Waals surface area contributed by atoms with Crippen molar-refractivity contribution < 1.29 is 9.59 Å². The van der Waals surface area contributed by atoms with Crippen LogP contribution in [0.1, 0.15) is 49.4 Å². The topological polar surface area (TPSA) is 49.4 Å². The molecule has 0 spiro atoms. The lowest BCUT2D eigenvalue weighted by Crippen LogP contribution is -2.43. The normalized spacial score (nSPS) is 22.4. The average Bonchev–Trinajstić information content (AvgIpc) is 2.94. The average molecular weight is 294 g/mol. The van der Waals surface area contributed by atoms with E-state index in [0.29, 0.717) is 0 Å². The fourth-order valence-electron chi connectivity index (χ4n) is 2.50. The highest BCUT2D eigenvalue weighted by molar-refractivity contribution is 7.12. The second-order valence-electron chi connectivity index (χ2n) is 5.45. The molecule has 0 saturated carbocycles. The molecule has 0 bridgehead atoms. The van der Waals surface area contributed by atoms with Gasteiger partial charge >= 0.3 is 0 Å². The van der Waals surface area contributed by atoms with E-state index in [1.54, 1.807) is 11.3 Å². The number of likely N-dealkylation sites (tertiary alicyclic amines) is 1. The molecule has 4 nitrogen and oxygen atoms in total. The van der Waals surface area contributed by atoms with Crippen molar-refractivity contribution in [2.24, 2.45) is 0 Å². The van der Waals surface area contributed by atoms with Gasteiger partial charge in [-0.05, 0) is 39.3 Å². The minimum Gasteiger partial charge on any atom is -0.298 e. The predicted octanol–water partition coefficient (Wildman–Crippen LogP) is 2.63. The van der Waals surface area contributed by atoms with Crippen LogP contribution in [-0.2, 0) is 9.59 Å².